The quantitative estimate of drug-likeness (QED) is 0.590. The number of aryl methyl sites for hydroxylation is 1. The number of carbonyl (C=O) groups is 1. The van der Waals surface area contributed by atoms with Gasteiger partial charge in [0.15, 0.2) is 5.78 Å². The lowest BCUT2D eigenvalue weighted by molar-refractivity contribution is 0.104. The van der Waals surface area contributed by atoms with Crippen molar-refractivity contribution in [2.75, 3.05) is 0 Å². The molecule has 0 amide bonds. The maximum absolute atomic E-state index is 12.6. The Morgan fingerprint density at radius 1 is 1.16 bits per heavy atom. The lowest BCUT2D eigenvalue weighted by Gasteiger charge is -2.05. The molecule has 19 heavy (non-hydrogen) atoms. The minimum atomic E-state index is 0.0867. The molecule has 1 aromatic heterocycles. The monoisotopic (exact) mass is 330 g/mol. The van der Waals surface area contributed by atoms with Gasteiger partial charge >= 0.3 is 0 Å². The molecule has 0 saturated carbocycles. The van der Waals surface area contributed by atoms with E-state index < -0.39 is 0 Å². The zero-order chi connectivity index (χ0) is 13.4. The van der Waals surface area contributed by atoms with Gasteiger partial charge in [0.2, 0.25) is 0 Å². The van der Waals surface area contributed by atoms with Crippen molar-refractivity contribution in [3.63, 3.8) is 0 Å². The van der Waals surface area contributed by atoms with Crippen LogP contribution >= 0.6 is 27.3 Å². The number of benzene rings is 2. The van der Waals surface area contributed by atoms with Crippen molar-refractivity contribution in [3.05, 3.63) is 69.0 Å². The van der Waals surface area contributed by atoms with E-state index in [1.165, 1.54) is 0 Å². The lowest BCUT2D eigenvalue weighted by Crippen LogP contribution is -2.01. The smallest absolute Gasteiger partial charge is 0.194 e. The van der Waals surface area contributed by atoms with Gasteiger partial charge in [-0.15, -0.1) is 11.3 Å². The van der Waals surface area contributed by atoms with E-state index in [2.05, 4.69) is 15.9 Å². The number of carbonyl (C=O) groups excluding carboxylic acids is 1. The van der Waals surface area contributed by atoms with Gasteiger partial charge in [0, 0.05) is 20.3 Å². The van der Waals surface area contributed by atoms with Crippen molar-refractivity contribution in [2.24, 2.45) is 0 Å². The molecule has 1 heterocycles. The van der Waals surface area contributed by atoms with Crippen molar-refractivity contribution in [3.8, 4) is 0 Å². The first-order valence-electron chi connectivity index (χ1n) is 5.94. The number of fused-ring (bicyclic) bond motifs is 1. The zero-order valence-electron chi connectivity index (χ0n) is 10.3. The molecule has 0 saturated heterocycles. The molecule has 0 bridgehead atoms. The normalized spacial score (nSPS) is 10.8. The molecule has 0 N–H and O–H groups in total. The summed E-state index contributed by atoms with van der Waals surface area (Å²) in [7, 11) is 0. The summed E-state index contributed by atoms with van der Waals surface area (Å²) in [6.07, 6.45) is 0. The van der Waals surface area contributed by atoms with E-state index in [0.717, 1.165) is 31.2 Å². The average Bonchev–Trinajstić information content (AvgIpc) is 2.89. The van der Waals surface area contributed by atoms with Crippen LogP contribution in [-0.2, 0) is 0 Å². The zero-order valence-corrected chi connectivity index (χ0v) is 12.7. The van der Waals surface area contributed by atoms with Crippen LogP contribution in [0.3, 0.4) is 0 Å². The highest BCUT2D eigenvalue weighted by molar-refractivity contribution is 9.10. The maximum Gasteiger partial charge on any atom is 0.194 e. The van der Waals surface area contributed by atoms with Crippen LogP contribution in [0, 0.1) is 6.92 Å². The summed E-state index contributed by atoms with van der Waals surface area (Å²) < 4.78 is 2.09. The van der Waals surface area contributed by atoms with E-state index in [1.54, 1.807) is 11.3 Å². The van der Waals surface area contributed by atoms with Crippen LogP contribution in [0.15, 0.2) is 52.3 Å². The molecule has 3 rings (SSSR count). The fraction of sp³-hybridized carbons (Fsp3) is 0.0625. The van der Waals surface area contributed by atoms with E-state index in [0.29, 0.717) is 0 Å². The third kappa shape index (κ3) is 2.24. The van der Waals surface area contributed by atoms with Gasteiger partial charge < -0.3 is 0 Å². The molecule has 0 aliphatic carbocycles. The second kappa shape index (κ2) is 4.91. The Morgan fingerprint density at radius 3 is 2.79 bits per heavy atom. The summed E-state index contributed by atoms with van der Waals surface area (Å²) in [4.78, 5) is 12.6. The van der Waals surface area contributed by atoms with Gasteiger partial charge in [0.25, 0.3) is 0 Å². The predicted molar refractivity (Wildman–Crippen MR) is 84.1 cm³/mol. The van der Waals surface area contributed by atoms with E-state index >= 15 is 0 Å². The highest BCUT2D eigenvalue weighted by atomic mass is 79.9. The third-order valence-electron chi connectivity index (χ3n) is 3.14. The molecule has 1 nitrogen and oxygen atoms in total. The molecule has 0 atom stereocenters. The number of thiophene rings is 1. The van der Waals surface area contributed by atoms with Gasteiger partial charge in [-0.1, -0.05) is 28.1 Å². The Bertz CT molecular complexity index is 773. The predicted octanol–water partition coefficient (Wildman–Crippen LogP) is 5.20. The summed E-state index contributed by atoms with van der Waals surface area (Å²) >= 11 is 5.07. The van der Waals surface area contributed by atoms with Crippen molar-refractivity contribution in [2.45, 2.75) is 6.92 Å². The average molecular weight is 331 g/mol. The van der Waals surface area contributed by atoms with Crippen LogP contribution in [-0.4, -0.2) is 5.78 Å². The standard InChI is InChI=1S/C16H11BrOS/c1-10-9-12(5-6-14(10)17)15(18)13-4-2-3-11-7-8-19-16(11)13/h2-9H,1H3. The van der Waals surface area contributed by atoms with E-state index in [9.17, 15) is 4.79 Å². The van der Waals surface area contributed by atoms with E-state index in [4.69, 9.17) is 0 Å². The first-order chi connectivity index (χ1) is 9.16. The Labute approximate surface area is 124 Å². The van der Waals surface area contributed by atoms with Gasteiger partial charge in [-0.2, -0.15) is 0 Å². The number of hydrogen-bond donors (Lipinski definition) is 0. The molecule has 0 aliphatic rings. The maximum atomic E-state index is 12.6. The summed E-state index contributed by atoms with van der Waals surface area (Å²) in [6, 6.07) is 13.6. The molecule has 0 unspecified atom stereocenters. The minimum absolute atomic E-state index is 0.0867. The van der Waals surface area contributed by atoms with Crippen LogP contribution in [0.2, 0.25) is 0 Å². The fourth-order valence-corrected chi connectivity index (χ4v) is 3.27. The van der Waals surface area contributed by atoms with Gasteiger partial charge in [0.1, 0.15) is 0 Å². The highest BCUT2D eigenvalue weighted by Crippen LogP contribution is 2.27. The molecule has 2 aromatic carbocycles. The molecular formula is C16H11BrOS. The molecule has 0 aliphatic heterocycles. The van der Waals surface area contributed by atoms with Gasteiger partial charge in [-0.25, -0.2) is 0 Å². The molecule has 3 aromatic rings. The Balaban J connectivity index is 2.13. The summed E-state index contributed by atoms with van der Waals surface area (Å²) in [5, 5.41) is 3.15. The molecule has 0 spiro atoms. The molecule has 3 heteroatoms. The second-order valence-corrected chi connectivity index (χ2v) is 6.21. The highest BCUT2D eigenvalue weighted by Gasteiger charge is 2.13. The van der Waals surface area contributed by atoms with Crippen LogP contribution in [0.5, 0.6) is 0 Å². The number of rotatable bonds is 2. The van der Waals surface area contributed by atoms with Crippen LogP contribution < -0.4 is 0 Å². The Hall–Kier alpha value is -1.45. The first kappa shape index (κ1) is 12.6. The summed E-state index contributed by atoms with van der Waals surface area (Å²) in [5.74, 6) is 0.0867. The van der Waals surface area contributed by atoms with Gasteiger partial charge in [-0.05, 0) is 53.6 Å². The van der Waals surface area contributed by atoms with Crippen molar-refractivity contribution < 1.29 is 4.79 Å². The fourth-order valence-electron chi connectivity index (χ4n) is 2.11. The molecule has 0 fully saturated rings. The molecule has 94 valence electrons. The van der Waals surface area contributed by atoms with Gasteiger partial charge in [0.05, 0.1) is 0 Å². The number of ketones is 1. The SMILES string of the molecule is Cc1cc(C(=O)c2cccc3ccsc23)ccc1Br. The summed E-state index contributed by atoms with van der Waals surface area (Å²) in [6.45, 7) is 1.99. The number of hydrogen-bond acceptors (Lipinski definition) is 2. The molecular weight excluding hydrogens is 320 g/mol. The topological polar surface area (TPSA) is 17.1 Å². The van der Waals surface area contributed by atoms with Crippen LogP contribution in [0.25, 0.3) is 10.1 Å². The van der Waals surface area contributed by atoms with Crippen molar-refractivity contribution >= 4 is 43.1 Å². The second-order valence-electron chi connectivity index (χ2n) is 4.44. The van der Waals surface area contributed by atoms with Crippen molar-refractivity contribution in [1.82, 2.24) is 0 Å². The minimum Gasteiger partial charge on any atom is -0.289 e. The third-order valence-corrected chi connectivity index (χ3v) is 5.00. The summed E-state index contributed by atoms with van der Waals surface area (Å²) in [5.41, 5.74) is 2.60. The first-order valence-corrected chi connectivity index (χ1v) is 7.61. The number of halogens is 1. The Morgan fingerprint density at radius 2 is 2.00 bits per heavy atom. The Kier molecular flexibility index (Phi) is 3.25. The van der Waals surface area contributed by atoms with Crippen LogP contribution in [0.1, 0.15) is 21.5 Å². The van der Waals surface area contributed by atoms with Crippen molar-refractivity contribution in [1.29, 1.82) is 0 Å². The van der Waals surface area contributed by atoms with Crippen LogP contribution in [0.4, 0.5) is 0 Å². The lowest BCUT2D eigenvalue weighted by atomic mass is 10.0. The molecule has 0 radical (unpaired) electrons. The van der Waals surface area contributed by atoms with Gasteiger partial charge in [-0.3, -0.25) is 4.79 Å². The van der Waals surface area contributed by atoms with E-state index in [-0.39, 0.29) is 5.78 Å². The van der Waals surface area contributed by atoms with E-state index in [1.807, 2.05) is 54.8 Å². The largest absolute Gasteiger partial charge is 0.289 e.